The molecule has 0 aromatic heterocycles. The van der Waals surface area contributed by atoms with Crippen molar-refractivity contribution in [3.63, 3.8) is 0 Å². The fourth-order valence-corrected chi connectivity index (χ4v) is 6.99. The van der Waals surface area contributed by atoms with E-state index in [1.165, 1.54) is 5.56 Å². The molecular formula is C29H32BrClN2O3S. The van der Waals surface area contributed by atoms with Gasteiger partial charge in [0.2, 0.25) is 0 Å². The molecule has 0 unspecified atom stereocenters. The topological polar surface area (TPSA) is 66.5 Å². The molecule has 37 heavy (non-hydrogen) atoms. The first-order valence-corrected chi connectivity index (χ1v) is 15.0. The summed E-state index contributed by atoms with van der Waals surface area (Å²) < 4.78 is 30.0. The number of sulfonamides is 1. The van der Waals surface area contributed by atoms with Crippen molar-refractivity contribution < 1.29 is 13.2 Å². The number of benzene rings is 3. The Morgan fingerprint density at radius 1 is 1.00 bits per heavy atom. The van der Waals surface area contributed by atoms with Gasteiger partial charge in [-0.05, 0) is 90.3 Å². The Morgan fingerprint density at radius 2 is 1.65 bits per heavy atom. The van der Waals surface area contributed by atoms with E-state index in [0.717, 1.165) is 22.9 Å². The average Bonchev–Trinajstić information content (AvgIpc) is 2.83. The lowest BCUT2D eigenvalue weighted by Gasteiger charge is -2.32. The molecule has 3 aromatic carbocycles. The molecule has 0 spiro atoms. The summed E-state index contributed by atoms with van der Waals surface area (Å²) in [6.45, 7) is 9.27. The van der Waals surface area contributed by atoms with Crippen molar-refractivity contribution in [1.82, 2.24) is 4.90 Å². The first kappa shape index (κ1) is 27.7. The molecule has 3 aromatic rings. The lowest BCUT2D eigenvalue weighted by molar-refractivity contribution is 0.0713. The van der Waals surface area contributed by atoms with Gasteiger partial charge >= 0.3 is 0 Å². The van der Waals surface area contributed by atoms with Crippen LogP contribution < -0.4 is 4.72 Å². The molecule has 196 valence electrons. The molecular weight excluding hydrogens is 572 g/mol. The number of rotatable bonds is 5. The van der Waals surface area contributed by atoms with Gasteiger partial charge in [-0.25, -0.2) is 8.42 Å². The third-order valence-corrected chi connectivity index (χ3v) is 9.36. The van der Waals surface area contributed by atoms with Crippen LogP contribution in [-0.4, -0.2) is 32.3 Å². The number of piperidine rings is 1. The molecule has 0 atom stereocenters. The molecule has 1 aliphatic heterocycles. The fourth-order valence-electron chi connectivity index (χ4n) is 4.66. The number of carbonyl (C=O) groups excluding carboxylic acids is 1. The Kier molecular flexibility index (Phi) is 8.07. The quantitative estimate of drug-likeness (QED) is 0.328. The Hall–Kier alpha value is -2.35. The molecule has 1 N–H and O–H groups in total. The van der Waals surface area contributed by atoms with Gasteiger partial charge in [-0.2, -0.15) is 0 Å². The highest BCUT2D eigenvalue weighted by molar-refractivity contribution is 9.10. The number of anilines is 1. The summed E-state index contributed by atoms with van der Waals surface area (Å²) in [5.74, 6) is 0.324. The number of amides is 1. The Morgan fingerprint density at radius 3 is 2.24 bits per heavy atom. The summed E-state index contributed by atoms with van der Waals surface area (Å²) in [5, 5.41) is 0.697. The molecule has 0 bridgehead atoms. The van der Waals surface area contributed by atoms with Crippen molar-refractivity contribution in [1.29, 1.82) is 0 Å². The molecule has 1 fully saturated rings. The predicted octanol–water partition coefficient (Wildman–Crippen LogP) is 7.53. The van der Waals surface area contributed by atoms with Crippen molar-refractivity contribution in [2.24, 2.45) is 0 Å². The summed E-state index contributed by atoms with van der Waals surface area (Å²) in [4.78, 5) is 15.2. The standard InChI is InChI=1S/C29H32BrClN2O3S/c1-19-5-8-22(29(2,3)4)17-27(19)37(35,36)32-24-10-6-21(7-11-24)28(34)33-15-13-20(14-16-33)25-12-9-23(31)18-26(25)30/h5-12,17-18,20,32H,13-16H2,1-4H3. The fraction of sp³-hybridized carbons (Fsp3) is 0.345. The Labute approximate surface area is 233 Å². The molecule has 1 amide bonds. The molecule has 1 aliphatic rings. The van der Waals surface area contributed by atoms with Crippen molar-refractivity contribution in [3.05, 3.63) is 92.4 Å². The number of halogens is 2. The van der Waals surface area contributed by atoms with E-state index in [9.17, 15) is 13.2 Å². The van der Waals surface area contributed by atoms with E-state index in [0.29, 0.717) is 40.8 Å². The van der Waals surface area contributed by atoms with Gasteiger partial charge in [0.25, 0.3) is 15.9 Å². The Balaban J connectivity index is 1.42. The van der Waals surface area contributed by atoms with E-state index >= 15 is 0 Å². The summed E-state index contributed by atoms with van der Waals surface area (Å²) in [6.07, 6.45) is 1.74. The van der Waals surface area contributed by atoms with Crippen LogP contribution in [0.3, 0.4) is 0 Å². The summed E-state index contributed by atoms with van der Waals surface area (Å²) in [6, 6.07) is 18.1. The second kappa shape index (κ2) is 10.8. The maximum Gasteiger partial charge on any atom is 0.262 e. The van der Waals surface area contributed by atoms with Crippen LogP contribution in [0, 0.1) is 6.92 Å². The van der Waals surface area contributed by atoms with Crippen molar-refractivity contribution >= 4 is 49.1 Å². The molecule has 0 radical (unpaired) electrons. The highest BCUT2D eigenvalue weighted by atomic mass is 79.9. The number of hydrogen-bond acceptors (Lipinski definition) is 3. The first-order valence-electron chi connectivity index (χ1n) is 12.3. The largest absolute Gasteiger partial charge is 0.339 e. The highest BCUT2D eigenvalue weighted by Gasteiger charge is 2.26. The first-order chi connectivity index (χ1) is 17.3. The van der Waals surface area contributed by atoms with E-state index in [2.05, 4.69) is 47.5 Å². The normalized spacial score (nSPS) is 15.0. The zero-order valence-electron chi connectivity index (χ0n) is 21.5. The van der Waals surface area contributed by atoms with Crippen molar-refractivity contribution in [2.75, 3.05) is 17.8 Å². The molecule has 1 saturated heterocycles. The van der Waals surface area contributed by atoms with E-state index in [4.69, 9.17) is 11.6 Å². The number of aryl methyl sites for hydroxylation is 1. The molecule has 1 heterocycles. The van der Waals surface area contributed by atoms with Crippen LogP contribution in [0.5, 0.6) is 0 Å². The van der Waals surface area contributed by atoms with Crippen LogP contribution in [0.15, 0.2) is 70.0 Å². The Bertz CT molecular complexity index is 1410. The van der Waals surface area contributed by atoms with E-state index < -0.39 is 10.0 Å². The van der Waals surface area contributed by atoms with Crippen molar-refractivity contribution in [2.45, 2.75) is 56.8 Å². The minimum atomic E-state index is -3.78. The van der Waals surface area contributed by atoms with Crippen LogP contribution in [0.1, 0.15) is 66.6 Å². The lowest BCUT2D eigenvalue weighted by Crippen LogP contribution is -2.38. The summed E-state index contributed by atoms with van der Waals surface area (Å²) in [5.41, 5.74) is 3.65. The second-order valence-electron chi connectivity index (χ2n) is 10.6. The number of nitrogens with zero attached hydrogens (tertiary/aromatic N) is 1. The van der Waals surface area contributed by atoms with Crippen LogP contribution in [0.2, 0.25) is 5.02 Å². The van der Waals surface area contributed by atoms with Crippen LogP contribution >= 0.6 is 27.5 Å². The van der Waals surface area contributed by atoms with E-state index in [-0.39, 0.29) is 16.2 Å². The summed E-state index contributed by atoms with van der Waals surface area (Å²) in [7, 11) is -3.78. The van der Waals surface area contributed by atoms with Crippen molar-refractivity contribution in [3.8, 4) is 0 Å². The second-order valence-corrected chi connectivity index (χ2v) is 13.6. The minimum absolute atomic E-state index is 0.0447. The van der Waals surface area contributed by atoms with Gasteiger partial charge in [0.05, 0.1) is 4.90 Å². The van der Waals surface area contributed by atoms with Crippen LogP contribution in [-0.2, 0) is 15.4 Å². The number of nitrogens with one attached hydrogen (secondary N) is 1. The van der Waals surface area contributed by atoms with Gasteiger partial charge in [-0.1, -0.05) is 66.5 Å². The monoisotopic (exact) mass is 602 g/mol. The van der Waals surface area contributed by atoms with Crippen LogP contribution in [0.4, 0.5) is 5.69 Å². The maximum absolute atomic E-state index is 13.2. The summed E-state index contributed by atoms with van der Waals surface area (Å²) >= 11 is 9.68. The number of hydrogen-bond donors (Lipinski definition) is 1. The highest BCUT2D eigenvalue weighted by Crippen LogP contribution is 2.35. The van der Waals surface area contributed by atoms with Gasteiger partial charge in [-0.3, -0.25) is 9.52 Å². The van der Waals surface area contributed by atoms with Gasteiger partial charge in [0, 0.05) is 33.8 Å². The zero-order valence-corrected chi connectivity index (χ0v) is 24.7. The predicted molar refractivity (Wildman–Crippen MR) is 154 cm³/mol. The van der Waals surface area contributed by atoms with Gasteiger partial charge in [-0.15, -0.1) is 0 Å². The SMILES string of the molecule is Cc1ccc(C(C)(C)C)cc1S(=O)(=O)Nc1ccc(C(=O)N2CCC(c3ccc(Cl)cc3Br)CC2)cc1. The van der Waals surface area contributed by atoms with E-state index in [1.807, 2.05) is 29.2 Å². The average molecular weight is 604 g/mol. The molecule has 0 aliphatic carbocycles. The molecule has 8 heteroatoms. The van der Waals surface area contributed by atoms with Gasteiger partial charge in [0.1, 0.15) is 0 Å². The third-order valence-electron chi connectivity index (χ3n) is 6.91. The number of likely N-dealkylation sites (tertiary alicyclic amines) is 1. The van der Waals surface area contributed by atoms with E-state index in [1.54, 1.807) is 37.3 Å². The smallest absolute Gasteiger partial charge is 0.262 e. The molecule has 5 nitrogen and oxygen atoms in total. The molecule has 4 rings (SSSR count). The number of carbonyl (C=O) groups is 1. The lowest BCUT2D eigenvalue weighted by atomic mass is 9.87. The molecule has 0 saturated carbocycles. The third kappa shape index (κ3) is 6.39. The van der Waals surface area contributed by atoms with Crippen LogP contribution in [0.25, 0.3) is 0 Å². The van der Waals surface area contributed by atoms with Gasteiger partial charge in [0.15, 0.2) is 0 Å². The van der Waals surface area contributed by atoms with Gasteiger partial charge < -0.3 is 4.90 Å². The minimum Gasteiger partial charge on any atom is -0.339 e. The maximum atomic E-state index is 13.2. The zero-order chi connectivity index (χ0) is 27.0.